The summed E-state index contributed by atoms with van der Waals surface area (Å²) in [6, 6.07) is 5.59. The van der Waals surface area contributed by atoms with E-state index in [-0.39, 0.29) is 18.2 Å². The predicted molar refractivity (Wildman–Crippen MR) is 55.3 cm³/mol. The second kappa shape index (κ2) is 5.25. The van der Waals surface area contributed by atoms with E-state index in [2.05, 4.69) is 0 Å². The van der Waals surface area contributed by atoms with E-state index in [1.54, 1.807) is 6.07 Å². The molecule has 86 valence electrons. The summed E-state index contributed by atoms with van der Waals surface area (Å²) in [6.07, 6.45) is 0. The number of carbonyl (C=O) groups excluding carboxylic acids is 2. The van der Waals surface area contributed by atoms with Crippen molar-refractivity contribution in [3.8, 4) is 5.75 Å². The quantitative estimate of drug-likeness (QED) is 0.573. The zero-order chi connectivity index (χ0) is 12.1. The van der Waals surface area contributed by atoms with E-state index < -0.39 is 11.8 Å². The number of likely N-dealkylation sites (N-methyl/N-ethyl adjacent to an activating group) is 1. The molecular formula is C11H12FNO3. The lowest BCUT2D eigenvalue weighted by Crippen LogP contribution is -2.32. The van der Waals surface area contributed by atoms with Crippen molar-refractivity contribution in [3.05, 3.63) is 30.1 Å². The molecule has 0 unspecified atom stereocenters. The first-order valence-electron chi connectivity index (χ1n) is 4.67. The van der Waals surface area contributed by atoms with Gasteiger partial charge in [-0.1, -0.05) is 12.1 Å². The third kappa shape index (κ3) is 3.34. The number of nitrogens with zero attached hydrogens (tertiary/aromatic N) is 1. The molecule has 0 aliphatic carbocycles. The Labute approximate surface area is 92.6 Å². The number of esters is 1. The van der Waals surface area contributed by atoms with E-state index >= 15 is 0 Å². The highest BCUT2D eigenvalue weighted by Gasteiger charge is 2.12. The summed E-state index contributed by atoms with van der Waals surface area (Å²) in [7, 11) is 1.46. The van der Waals surface area contributed by atoms with Gasteiger partial charge in [0, 0.05) is 14.0 Å². The third-order valence-electron chi connectivity index (χ3n) is 1.96. The molecule has 0 N–H and O–H groups in total. The molecule has 1 rings (SSSR count). The van der Waals surface area contributed by atoms with Gasteiger partial charge in [0.25, 0.3) is 0 Å². The molecule has 4 nitrogen and oxygen atoms in total. The lowest BCUT2D eigenvalue weighted by molar-refractivity contribution is -0.140. The molecule has 1 aromatic rings. The van der Waals surface area contributed by atoms with Gasteiger partial charge in [-0.2, -0.15) is 0 Å². The molecule has 1 amide bonds. The summed E-state index contributed by atoms with van der Waals surface area (Å²) in [6.45, 7) is 1.13. The Bertz CT molecular complexity index is 406. The van der Waals surface area contributed by atoms with Gasteiger partial charge in [-0.25, -0.2) is 9.18 Å². The second-order valence-electron chi connectivity index (χ2n) is 3.28. The molecule has 0 saturated carbocycles. The Morgan fingerprint density at radius 2 is 2.00 bits per heavy atom. The summed E-state index contributed by atoms with van der Waals surface area (Å²) < 4.78 is 17.8. The number of carbonyl (C=O) groups is 2. The van der Waals surface area contributed by atoms with Gasteiger partial charge in [0.1, 0.15) is 6.54 Å². The summed E-state index contributed by atoms with van der Waals surface area (Å²) in [5.41, 5.74) is 0. The Balaban J connectivity index is 2.59. The number of hydrogen-bond acceptors (Lipinski definition) is 3. The first kappa shape index (κ1) is 12.2. The number of para-hydroxylation sites is 1. The van der Waals surface area contributed by atoms with Crippen LogP contribution in [0.5, 0.6) is 5.75 Å². The summed E-state index contributed by atoms with van der Waals surface area (Å²) in [4.78, 5) is 23.3. The fourth-order valence-corrected chi connectivity index (χ4v) is 0.987. The first-order chi connectivity index (χ1) is 7.50. The number of amides is 1. The lowest BCUT2D eigenvalue weighted by Gasteiger charge is -2.13. The highest BCUT2D eigenvalue weighted by molar-refractivity contribution is 5.81. The molecule has 5 heteroatoms. The van der Waals surface area contributed by atoms with Crippen LogP contribution in [0.2, 0.25) is 0 Å². The summed E-state index contributed by atoms with van der Waals surface area (Å²) in [5, 5.41) is 0. The maximum Gasteiger partial charge on any atom is 0.331 e. The highest BCUT2D eigenvalue weighted by Crippen LogP contribution is 2.15. The van der Waals surface area contributed by atoms with Crippen LogP contribution in [-0.4, -0.2) is 30.4 Å². The molecule has 1 aromatic carbocycles. The lowest BCUT2D eigenvalue weighted by atomic mass is 10.3. The number of benzene rings is 1. The third-order valence-corrected chi connectivity index (χ3v) is 1.96. The molecule has 0 bridgehead atoms. The van der Waals surface area contributed by atoms with Gasteiger partial charge in [-0.3, -0.25) is 4.79 Å². The van der Waals surface area contributed by atoms with Crippen molar-refractivity contribution >= 4 is 11.9 Å². The minimum absolute atomic E-state index is 0.135. The van der Waals surface area contributed by atoms with Crippen molar-refractivity contribution in [1.29, 1.82) is 0 Å². The molecule has 0 aromatic heterocycles. The fraction of sp³-hybridized carbons (Fsp3) is 0.273. The zero-order valence-corrected chi connectivity index (χ0v) is 9.07. The van der Waals surface area contributed by atoms with E-state index in [1.807, 2.05) is 0 Å². The Morgan fingerprint density at radius 3 is 2.56 bits per heavy atom. The average molecular weight is 225 g/mol. The largest absolute Gasteiger partial charge is 0.422 e. The van der Waals surface area contributed by atoms with Gasteiger partial charge < -0.3 is 9.64 Å². The van der Waals surface area contributed by atoms with Crippen LogP contribution in [0.3, 0.4) is 0 Å². The minimum atomic E-state index is -0.678. The SMILES string of the molecule is CC(=O)N(C)CC(=O)Oc1ccccc1F. The topological polar surface area (TPSA) is 46.6 Å². The maximum absolute atomic E-state index is 13.1. The van der Waals surface area contributed by atoms with Crippen molar-refractivity contribution in [2.24, 2.45) is 0 Å². The molecule has 0 spiro atoms. The van der Waals surface area contributed by atoms with Crippen LogP contribution < -0.4 is 4.74 Å². The molecule has 0 atom stereocenters. The van der Waals surface area contributed by atoms with Gasteiger partial charge in [-0.05, 0) is 12.1 Å². The zero-order valence-electron chi connectivity index (χ0n) is 9.07. The number of rotatable bonds is 3. The fourth-order valence-electron chi connectivity index (χ4n) is 0.987. The monoisotopic (exact) mass is 225 g/mol. The molecule has 0 aliphatic rings. The van der Waals surface area contributed by atoms with Gasteiger partial charge in [0.2, 0.25) is 5.91 Å². The van der Waals surface area contributed by atoms with Crippen LogP contribution in [0, 0.1) is 5.82 Å². The van der Waals surface area contributed by atoms with Gasteiger partial charge in [0.15, 0.2) is 11.6 Å². The number of ether oxygens (including phenoxy) is 1. The predicted octanol–water partition coefficient (Wildman–Crippen LogP) is 1.21. The Morgan fingerprint density at radius 1 is 1.38 bits per heavy atom. The molecule has 0 heterocycles. The average Bonchev–Trinajstić information content (AvgIpc) is 2.21. The molecule has 0 saturated heterocycles. The summed E-state index contributed by atoms with van der Waals surface area (Å²) in [5.74, 6) is -1.68. The van der Waals surface area contributed by atoms with Crippen LogP contribution in [0.25, 0.3) is 0 Å². The van der Waals surface area contributed by atoms with Crippen molar-refractivity contribution < 1.29 is 18.7 Å². The van der Waals surface area contributed by atoms with E-state index in [4.69, 9.17) is 4.74 Å². The smallest absolute Gasteiger partial charge is 0.331 e. The number of hydrogen-bond donors (Lipinski definition) is 0. The van der Waals surface area contributed by atoms with Gasteiger partial charge >= 0.3 is 5.97 Å². The maximum atomic E-state index is 13.1. The van der Waals surface area contributed by atoms with E-state index in [0.717, 1.165) is 0 Å². The van der Waals surface area contributed by atoms with Crippen molar-refractivity contribution in [2.75, 3.05) is 13.6 Å². The van der Waals surface area contributed by atoms with Crippen molar-refractivity contribution in [1.82, 2.24) is 4.90 Å². The van der Waals surface area contributed by atoms with Crippen LogP contribution >= 0.6 is 0 Å². The normalized spacial score (nSPS) is 9.69. The van der Waals surface area contributed by atoms with Crippen LogP contribution in [0.1, 0.15) is 6.92 Å². The summed E-state index contributed by atoms with van der Waals surface area (Å²) >= 11 is 0. The van der Waals surface area contributed by atoms with Crippen LogP contribution in [0.15, 0.2) is 24.3 Å². The van der Waals surface area contributed by atoms with Gasteiger partial charge in [-0.15, -0.1) is 0 Å². The number of halogens is 1. The van der Waals surface area contributed by atoms with E-state index in [9.17, 15) is 14.0 Å². The van der Waals surface area contributed by atoms with Gasteiger partial charge in [0.05, 0.1) is 0 Å². The Kier molecular flexibility index (Phi) is 3.99. The van der Waals surface area contributed by atoms with Crippen LogP contribution in [-0.2, 0) is 9.59 Å². The van der Waals surface area contributed by atoms with Crippen molar-refractivity contribution in [2.45, 2.75) is 6.92 Å². The molecule has 16 heavy (non-hydrogen) atoms. The molecule has 0 fully saturated rings. The van der Waals surface area contributed by atoms with E-state index in [1.165, 1.54) is 37.1 Å². The highest BCUT2D eigenvalue weighted by atomic mass is 19.1. The molecule has 0 aliphatic heterocycles. The first-order valence-corrected chi connectivity index (χ1v) is 4.67. The molecule has 0 radical (unpaired) electrons. The minimum Gasteiger partial charge on any atom is -0.422 e. The Hall–Kier alpha value is -1.91. The second-order valence-corrected chi connectivity index (χ2v) is 3.28. The van der Waals surface area contributed by atoms with E-state index in [0.29, 0.717) is 0 Å². The van der Waals surface area contributed by atoms with Crippen LogP contribution in [0.4, 0.5) is 4.39 Å². The van der Waals surface area contributed by atoms with Crippen molar-refractivity contribution in [3.63, 3.8) is 0 Å². The standard InChI is InChI=1S/C11H12FNO3/c1-8(14)13(2)7-11(15)16-10-6-4-3-5-9(10)12/h3-6H,7H2,1-2H3. The molecular weight excluding hydrogens is 213 g/mol.